The van der Waals surface area contributed by atoms with E-state index in [-0.39, 0.29) is 11.8 Å². The number of nitrogens with one attached hydrogen (secondary N) is 3. The average Bonchev–Trinajstić information content (AvgIpc) is 2.50. The van der Waals surface area contributed by atoms with E-state index in [1.165, 1.54) is 7.11 Å². The summed E-state index contributed by atoms with van der Waals surface area (Å²) in [6.45, 7) is 1.78. The normalized spacial score (nSPS) is 15.4. The number of carbonyl (C=O) groups excluding carboxylic acids is 2. The van der Waals surface area contributed by atoms with E-state index in [0.29, 0.717) is 5.69 Å². The van der Waals surface area contributed by atoms with E-state index in [4.69, 9.17) is 0 Å². The second-order valence-electron chi connectivity index (χ2n) is 4.71. The maximum Gasteiger partial charge on any atom is 0.411 e. The van der Waals surface area contributed by atoms with Crippen molar-refractivity contribution in [1.82, 2.24) is 5.32 Å². The Morgan fingerprint density at radius 1 is 1.10 bits per heavy atom. The van der Waals surface area contributed by atoms with Crippen LogP contribution in [0, 0.1) is 5.92 Å². The first-order valence-electron chi connectivity index (χ1n) is 6.65. The van der Waals surface area contributed by atoms with Crippen LogP contribution >= 0.6 is 0 Å². The van der Waals surface area contributed by atoms with Crippen molar-refractivity contribution in [3.05, 3.63) is 24.3 Å². The summed E-state index contributed by atoms with van der Waals surface area (Å²) in [5.41, 5.74) is 1.35. The monoisotopic (exact) mass is 277 g/mol. The first-order valence-corrected chi connectivity index (χ1v) is 6.65. The summed E-state index contributed by atoms with van der Waals surface area (Å²) >= 11 is 0. The number of rotatable bonds is 3. The lowest BCUT2D eigenvalue weighted by molar-refractivity contribution is -0.120. The average molecular weight is 277 g/mol. The smallest absolute Gasteiger partial charge is 0.411 e. The molecule has 1 heterocycles. The molecule has 108 valence electrons. The Labute approximate surface area is 117 Å². The molecule has 0 saturated carbocycles. The number of carbonyl (C=O) groups is 2. The highest BCUT2D eigenvalue weighted by atomic mass is 16.5. The minimum atomic E-state index is -0.517. The largest absolute Gasteiger partial charge is 0.453 e. The zero-order valence-electron chi connectivity index (χ0n) is 11.4. The van der Waals surface area contributed by atoms with Gasteiger partial charge in [-0.05, 0) is 50.2 Å². The third-order valence-corrected chi connectivity index (χ3v) is 3.29. The zero-order valence-corrected chi connectivity index (χ0v) is 11.4. The van der Waals surface area contributed by atoms with Crippen LogP contribution in [0.5, 0.6) is 0 Å². The maximum atomic E-state index is 12.0. The highest BCUT2D eigenvalue weighted by molar-refractivity contribution is 5.93. The molecule has 6 heteroatoms. The van der Waals surface area contributed by atoms with Gasteiger partial charge in [-0.3, -0.25) is 10.1 Å². The van der Waals surface area contributed by atoms with Crippen molar-refractivity contribution >= 4 is 23.4 Å². The van der Waals surface area contributed by atoms with Gasteiger partial charge >= 0.3 is 6.09 Å². The van der Waals surface area contributed by atoms with Gasteiger partial charge in [-0.1, -0.05) is 0 Å². The Hall–Kier alpha value is -2.08. The first-order chi connectivity index (χ1) is 9.69. The van der Waals surface area contributed by atoms with Gasteiger partial charge in [-0.15, -0.1) is 0 Å². The van der Waals surface area contributed by atoms with Gasteiger partial charge in [-0.25, -0.2) is 4.79 Å². The molecular formula is C14H19N3O3. The Balaban J connectivity index is 1.89. The molecule has 2 amide bonds. The van der Waals surface area contributed by atoms with Crippen LogP contribution in [0.1, 0.15) is 12.8 Å². The summed E-state index contributed by atoms with van der Waals surface area (Å²) in [6, 6.07) is 6.94. The number of ether oxygens (including phenoxy) is 1. The number of piperidine rings is 1. The molecule has 1 aliphatic rings. The fourth-order valence-corrected chi connectivity index (χ4v) is 2.13. The van der Waals surface area contributed by atoms with Crippen LogP contribution < -0.4 is 16.0 Å². The van der Waals surface area contributed by atoms with Crippen molar-refractivity contribution in [2.24, 2.45) is 5.92 Å². The predicted molar refractivity (Wildman–Crippen MR) is 76.7 cm³/mol. The lowest BCUT2D eigenvalue weighted by Gasteiger charge is -2.21. The molecule has 2 rings (SSSR count). The second-order valence-corrected chi connectivity index (χ2v) is 4.71. The molecule has 3 N–H and O–H groups in total. The molecule has 1 aliphatic heterocycles. The van der Waals surface area contributed by atoms with E-state index in [9.17, 15) is 9.59 Å². The molecule has 0 unspecified atom stereocenters. The van der Waals surface area contributed by atoms with E-state index in [1.807, 2.05) is 0 Å². The summed E-state index contributed by atoms with van der Waals surface area (Å²) in [6.07, 6.45) is 1.22. The lowest BCUT2D eigenvalue weighted by Crippen LogP contribution is -2.34. The molecule has 0 atom stereocenters. The number of amides is 2. The molecule has 1 fully saturated rings. The highest BCUT2D eigenvalue weighted by Crippen LogP contribution is 2.17. The van der Waals surface area contributed by atoms with Crippen molar-refractivity contribution in [1.29, 1.82) is 0 Å². The number of benzene rings is 1. The highest BCUT2D eigenvalue weighted by Gasteiger charge is 2.20. The summed E-state index contributed by atoms with van der Waals surface area (Å²) in [7, 11) is 1.31. The molecular weight excluding hydrogens is 258 g/mol. The molecule has 1 saturated heterocycles. The van der Waals surface area contributed by atoms with Crippen LogP contribution in [-0.2, 0) is 9.53 Å². The van der Waals surface area contributed by atoms with Crippen molar-refractivity contribution < 1.29 is 14.3 Å². The van der Waals surface area contributed by atoms with Crippen LogP contribution in [0.15, 0.2) is 24.3 Å². The third kappa shape index (κ3) is 3.96. The van der Waals surface area contributed by atoms with E-state index < -0.39 is 6.09 Å². The SMILES string of the molecule is COC(=O)Nc1ccc(NC(=O)C2CCNCC2)cc1. The molecule has 0 aromatic heterocycles. The molecule has 1 aromatic carbocycles. The predicted octanol–water partition coefficient (Wildman–Crippen LogP) is 1.80. The fraction of sp³-hybridized carbons (Fsp3) is 0.429. The Morgan fingerprint density at radius 3 is 2.20 bits per heavy atom. The van der Waals surface area contributed by atoms with Crippen LogP contribution in [0.2, 0.25) is 0 Å². The Bertz CT molecular complexity index is 467. The molecule has 0 aliphatic carbocycles. The van der Waals surface area contributed by atoms with E-state index in [0.717, 1.165) is 31.6 Å². The van der Waals surface area contributed by atoms with Crippen molar-refractivity contribution in [2.45, 2.75) is 12.8 Å². The standard InChI is InChI=1S/C14H19N3O3/c1-20-14(19)17-12-4-2-11(3-5-12)16-13(18)10-6-8-15-9-7-10/h2-5,10,15H,6-9H2,1H3,(H,16,18)(H,17,19). The molecule has 20 heavy (non-hydrogen) atoms. The van der Waals surface area contributed by atoms with Gasteiger partial charge in [0.2, 0.25) is 5.91 Å². The lowest BCUT2D eigenvalue weighted by atomic mass is 9.97. The summed E-state index contributed by atoms with van der Waals surface area (Å²) < 4.78 is 4.50. The van der Waals surface area contributed by atoms with Gasteiger partial charge in [0.25, 0.3) is 0 Å². The Morgan fingerprint density at radius 2 is 1.65 bits per heavy atom. The van der Waals surface area contributed by atoms with Gasteiger partial charge in [-0.2, -0.15) is 0 Å². The quantitative estimate of drug-likeness (QED) is 0.787. The van der Waals surface area contributed by atoms with Crippen LogP contribution in [0.4, 0.5) is 16.2 Å². The Kier molecular flexibility index (Phi) is 4.95. The van der Waals surface area contributed by atoms with Crippen molar-refractivity contribution in [2.75, 3.05) is 30.8 Å². The molecule has 0 bridgehead atoms. The number of hydrogen-bond acceptors (Lipinski definition) is 4. The van der Waals surface area contributed by atoms with Gasteiger partial charge in [0.1, 0.15) is 0 Å². The van der Waals surface area contributed by atoms with E-state index >= 15 is 0 Å². The molecule has 6 nitrogen and oxygen atoms in total. The third-order valence-electron chi connectivity index (χ3n) is 3.29. The van der Waals surface area contributed by atoms with Crippen LogP contribution in [0.25, 0.3) is 0 Å². The summed E-state index contributed by atoms with van der Waals surface area (Å²) in [4.78, 5) is 23.1. The van der Waals surface area contributed by atoms with Crippen LogP contribution in [0.3, 0.4) is 0 Å². The molecule has 0 spiro atoms. The minimum Gasteiger partial charge on any atom is -0.453 e. The van der Waals surface area contributed by atoms with Gasteiger partial charge in [0.05, 0.1) is 7.11 Å². The van der Waals surface area contributed by atoms with Crippen molar-refractivity contribution in [3.8, 4) is 0 Å². The number of hydrogen-bond donors (Lipinski definition) is 3. The fourth-order valence-electron chi connectivity index (χ4n) is 2.13. The molecule has 0 radical (unpaired) electrons. The summed E-state index contributed by atoms with van der Waals surface area (Å²) in [5, 5.41) is 8.68. The molecule has 1 aromatic rings. The number of anilines is 2. The van der Waals surface area contributed by atoms with Crippen molar-refractivity contribution in [3.63, 3.8) is 0 Å². The van der Waals surface area contributed by atoms with Gasteiger partial charge < -0.3 is 15.4 Å². The minimum absolute atomic E-state index is 0.0557. The van der Waals surface area contributed by atoms with E-state index in [2.05, 4.69) is 20.7 Å². The first kappa shape index (κ1) is 14.3. The van der Waals surface area contributed by atoms with Gasteiger partial charge in [0.15, 0.2) is 0 Å². The summed E-state index contributed by atoms with van der Waals surface area (Å²) in [5.74, 6) is 0.129. The maximum absolute atomic E-state index is 12.0. The van der Waals surface area contributed by atoms with Crippen LogP contribution in [-0.4, -0.2) is 32.2 Å². The van der Waals surface area contributed by atoms with Gasteiger partial charge in [0, 0.05) is 17.3 Å². The topological polar surface area (TPSA) is 79.5 Å². The van der Waals surface area contributed by atoms with E-state index in [1.54, 1.807) is 24.3 Å². The number of methoxy groups -OCH3 is 1. The second kappa shape index (κ2) is 6.91. The zero-order chi connectivity index (χ0) is 14.4.